The molecule has 3 heteroatoms. The predicted octanol–water partition coefficient (Wildman–Crippen LogP) is 2.66. The summed E-state index contributed by atoms with van der Waals surface area (Å²) in [6.07, 6.45) is 4.82. The second kappa shape index (κ2) is 8.13. The molecule has 0 radical (unpaired) electrons. The molecule has 1 aliphatic rings. The van der Waals surface area contributed by atoms with Crippen molar-refractivity contribution < 1.29 is 4.74 Å². The quantitative estimate of drug-likeness (QED) is 0.676. The Labute approximate surface area is 113 Å². The van der Waals surface area contributed by atoms with Crippen molar-refractivity contribution in [1.82, 2.24) is 10.2 Å². The third-order valence-corrected chi connectivity index (χ3v) is 4.38. The molecule has 0 aromatic rings. The van der Waals surface area contributed by atoms with Crippen molar-refractivity contribution in [2.75, 3.05) is 32.8 Å². The zero-order chi connectivity index (χ0) is 13.4. The van der Waals surface area contributed by atoms with Gasteiger partial charge >= 0.3 is 0 Å². The summed E-state index contributed by atoms with van der Waals surface area (Å²) in [6.45, 7) is 14.3. The topological polar surface area (TPSA) is 24.5 Å². The molecule has 1 fully saturated rings. The Morgan fingerprint density at radius 3 is 2.67 bits per heavy atom. The van der Waals surface area contributed by atoms with E-state index in [0.29, 0.717) is 11.6 Å². The fraction of sp³-hybridized carbons (Fsp3) is 1.00. The summed E-state index contributed by atoms with van der Waals surface area (Å²) in [7, 11) is 0. The Kier molecular flexibility index (Phi) is 7.20. The van der Waals surface area contributed by atoms with Crippen molar-refractivity contribution in [3.63, 3.8) is 0 Å². The Balaban J connectivity index is 2.36. The van der Waals surface area contributed by atoms with Crippen LogP contribution in [0.3, 0.4) is 0 Å². The molecule has 3 nitrogen and oxygen atoms in total. The molecular weight excluding hydrogens is 224 g/mol. The van der Waals surface area contributed by atoms with Gasteiger partial charge in [-0.2, -0.15) is 0 Å². The normalized spacial score (nSPS) is 29.7. The van der Waals surface area contributed by atoms with Gasteiger partial charge in [0.15, 0.2) is 0 Å². The molecule has 0 aromatic carbocycles. The van der Waals surface area contributed by atoms with Gasteiger partial charge < -0.3 is 10.1 Å². The highest BCUT2D eigenvalue weighted by Gasteiger charge is 2.35. The molecule has 1 heterocycles. The molecule has 2 atom stereocenters. The highest BCUT2D eigenvalue weighted by Crippen LogP contribution is 2.23. The molecule has 18 heavy (non-hydrogen) atoms. The van der Waals surface area contributed by atoms with E-state index in [1.807, 2.05) is 0 Å². The first-order valence-corrected chi connectivity index (χ1v) is 7.72. The molecule has 0 aromatic heterocycles. The average molecular weight is 256 g/mol. The molecule has 1 N–H and O–H groups in total. The molecule has 0 aliphatic carbocycles. The fourth-order valence-corrected chi connectivity index (χ4v) is 2.53. The summed E-state index contributed by atoms with van der Waals surface area (Å²) in [4.78, 5) is 2.63. The van der Waals surface area contributed by atoms with Crippen LogP contribution in [0.4, 0.5) is 0 Å². The van der Waals surface area contributed by atoms with Gasteiger partial charge in [0.25, 0.3) is 0 Å². The third kappa shape index (κ3) is 4.52. The summed E-state index contributed by atoms with van der Waals surface area (Å²) < 4.78 is 5.72. The first-order valence-electron chi connectivity index (χ1n) is 7.72. The van der Waals surface area contributed by atoms with Gasteiger partial charge in [-0.25, -0.2) is 0 Å². The van der Waals surface area contributed by atoms with E-state index in [2.05, 4.69) is 37.9 Å². The summed E-state index contributed by atoms with van der Waals surface area (Å²) in [5.41, 5.74) is 0.305. The van der Waals surface area contributed by atoms with Crippen molar-refractivity contribution in [3.8, 4) is 0 Å². The first kappa shape index (κ1) is 15.9. The van der Waals surface area contributed by atoms with Crippen molar-refractivity contribution in [2.24, 2.45) is 0 Å². The Bertz CT molecular complexity index is 223. The monoisotopic (exact) mass is 256 g/mol. The highest BCUT2D eigenvalue weighted by atomic mass is 16.5. The van der Waals surface area contributed by atoms with Gasteiger partial charge in [0.1, 0.15) is 0 Å². The van der Waals surface area contributed by atoms with Crippen molar-refractivity contribution in [1.29, 1.82) is 0 Å². The SMILES string of the molecule is CCCCOCCN1CC(CC)NCC1(C)CC. The van der Waals surface area contributed by atoms with Crippen molar-refractivity contribution in [3.05, 3.63) is 0 Å². The number of unbranched alkanes of at least 4 members (excludes halogenated alkanes) is 1. The molecule has 1 rings (SSSR count). The van der Waals surface area contributed by atoms with E-state index in [9.17, 15) is 0 Å². The van der Waals surface area contributed by atoms with E-state index >= 15 is 0 Å². The van der Waals surface area contributed by atoms with Gasteiger partial charge in [0.05, 0.1) is 6.61 Å². The molecule has 0 bridgehead atoms. The zero-order valence-corrected chi connectivity index (χ0v) is 12.8. The molecule has 0 amide bonds. The summed E-state index contributed by atoms with van der Waals surface area (Å²) >= 11 is 0. The van der Waals surface area contributed by atoms with Crippen molar-refractivity contribution in [2.45, 2.75) is 65.0 Å². The Morgan fingerprint density at radius 1 is 1.28 bits per heavy atom. The molecule has 108 valence electrons. The number of nitrogens with one attached hydrogen (secondary N) is 1. The third-order valence-electron chi connectivity index (χ3n) is 4.38. The van der Waals surface area contributed by atoms with Crippen molar-refractivity contribution >= 4 is 0 Å². The zero-order valence-electron chi connectivity index (χ0n) is 12.8. The van der Waals surface area contributed by atoms with Crippen LogP contribution in [0, 0.1) is 0 Å². The number of nitrogens with zero attached hydrogens (tertiary/aromatic N) is 1. The largest absolute Gasteiger partial charge is 0.380 e. The minimum Gasteiger partial charge on any atom is -0.380 e. The lowest BCUT2D eigenvalue weighted by Gasteiger charge is -2.47. The number of rotatable bonds is 8. The standard InChI is InChI=1S/C15H32N2O/c1-5-8-10-18-11-9-17-12-14(6-2)16-13-15(17,4)7-3/h14,16H,5-13H2,1-4H3. The first-order chi connectivity index (χ1) is 8.66. The van der Waals surface area contributed by atoms with E-state index in [1.165, 1.54) is 25.7 Å². The summed E-state index contributed by atoms with van der Waals surface area (Å²) in [5, 5.41) is 3.67. The Hall–Kier alpha value is -0.120. The van der Waals surface area contributed by atoms with Gasteiger partial charge in [0, 0.05) is 37.8 Å². The second-order valence-corrected chi connectivity index (χ2v) is 5.75. The lowest BCUT2D eigenvalue weighted by Crippen LogP contribution is -2.63. The van der Waals surface area contributed by atoms with Crippen LogP contribution in [0.25, 0.3) is 0 Å². The van der Waals surface area contributed by atoms with E-state index in [4.69, 9.17) is 4.74 Å². The van der Waals surface area contributed by atoms with Crippen LogP contribution in [0.1, 0.15) is 53.4 Å². The lowest BCUT2D eigenvalue weighted by molar-refractivity contribution is 0.0161. The van der Waals surface area contributed by atoms with Crippen LogP contribution >= 0.6 is 0 Å². The number of ether oxygens (including phenoxy) is 1. The molecular formula is C15H32N2O. The van der Waals surface area contributed by atoms with E-state index in [0.717, 1.165) is 32.8 Å². The van der Waals surface area contributed by atoms with Crippen LogP contribution < -0.4 is 5.32 Å². The minimum atomic E-state index is 0.305. The fourth-order valence-electron chi connectivity index (χ4n) is 2.53. The van der Waals surface area contributed by atoms with Crippen LogP contribution in [0.2, 0.25) is 0 Å². The van der Waals surface area contributed by atoms with Crippen LogP contribution in [-0.2, 0) is 4.74 Å². The predicted molar refractivity (Wildman–Crippen MR) is 78.1 cm³/mol. The maximum atomic E-state index is 5.72. The Morgan fingerprint density at radius 2 is 2.06 bits per heavy atom. The number of hydrogen-bond acceptors (Lipinski definition) is 3. The van der Waals surface area contributed by atoms with Gasteiger partial charge in [0.2, 0.25) is 0 Å². The van der Waals surface area contributed by atoms with Crippen LogP contribution in [0.5, 0.6) is 0 Å². The van der Waals surface area contributed by atoms with E-state index in [1.54, 1.807) is 0 Å². The molecule has 2 unspecified atom stereocenters. The second-order valence-electron chi connectivity index (χ2n) is 5.75. The van der Waals surface area contributed by atoms with Crippen LogP contribution in [0.15, 0.2) is 0 Å². The molecule has 0 saturated carbocycles. The molecule has 1 saturated heterocycles. The van der Waals surface area contributed by atoms with Gasteiger partial charge in [-0.15, -0.1) is 0 Å². The maximum Gasteiger partial charge on any atom is 0.0593 e. The molecule has 0 spiro atoms. The summed E-state index contributed by atoms with van der Waals surface area (Å²) in [6, 6.07) is 0.653. The minimum absolute atomic E-state index is 0.305. The molecule has 1 aliphatic heterocycles. The number of hydrogen-bond donors (Lipinski definition) is 1. The van der Waals surface area contributed by atoms with Gasteiger partial charge in [-0.3, -0.25) is 4.90 Å². The summed E-state index contributed by atoms with van der Waals surface area (Å²) in [5.74, 6) is 0. The van der Waals surface area contributed by atoms with E-state index < -0.39 is 0 Å². The van der Waals surface area contributed by atoms with E-state index in [-0.39, 0.29) is 0 Å². The van der Waals surface area contributed by atoms with Gasteiger partial charge in [-0.1, -0.05) is 27.2 Å². The van der Waals surface area contributed by atoms with Crippen LogP contribution in [-0.4, -0.2) is 49.3 Å². The average Bonchev–Trinajstić information content (AvgIpc) is 2.40. The highest BCUT2D eigenvalue weighted by molar-refractivity contribution is 4.94. The van der Waals surface area contributed by atoms with Gasteiger partial charge in [-0.05, 0) is 26.2 Å². The number of piperazine rings is 1. The maximum absolute atomic E-state index is 5.72. The lowest BCUT2D eigenvalue weighted by atomic mass is 9.91. The smallest absolute Gasteiger partial charge is 0.0593 e.